The van der Waals surface area contributed by atoms with E-state index < -0.39 is 15.4 Å². The molecular weight excluding hydrogens is 347 g/mol. The maximum absolute atomic E-state index is 11.3. The Balaban J connectivity index is 0. The first kappa shape index (κ1) is 28.1. The summed E-state index contributed by atoms with van der Waals surface area (Å²) in [5, 5.41) is 9.23. The topological polar surface area (TPSA) is 77.4 Å². The van der Waals surface area contributed by atoms with Gasteiger partial charge in [-0.25, -0.2) is 8.42 Å². The van der Waals surface area contributed by atoms with Crippen molar-refractivity contribution in [2.45, 2.75) is 122 Å². The van der Waals surface area contributed by atoms with Crippen molar-refractivity contribution in [2.24, 2.45) is 0 Å². The monoisotopic (exact) mass is 386 g/mol. The van der Waals surface area contributed by atoms with Crippen LogP contribution in [-0.2, 0) is 10.1 Å². The van der Waals surface area contributed by atoms with Crippen LogP contribution in [-0.4, -0.2) is 29.4 Å². The first-order valence-corrected chi connectivity index (χ1v) is 11.5. The molecule has 0 aromatic rings. The van der Waals surface area contributed by atoms with E-state index in [-0.39, 0.29) is 35.7 Å². The largest absolute Gasteiger partial charge is 1.00 e. The zero-order valence-electron chi connectivity index (χ0n) is 16.8. The van der Waals surface area contributed by atoms with Gasteiger partial charge in [-0.1, -0.05) is 84.5 Å². The minimum atomic E-state index is -4.17. The molecule has 2 unspecified atom stereocenters. The molecule has 0 aliphatic carbocycles. The summed E-state index contributed by atoms with van der Waals surface area (Å²) in [4.78, 5) is 0. The van der Waals surface area contributed by atoms with E-state index in [1.165, 1.54) is 25.7 Å². The smallest absolute Gasteiger partial charge is 0.748 e. The van der Waals surface area contributed by atoms with Crippen LogP contribution < -0.4 is 29.6 Å². The van der Waals surface area contributed by atoms with Gasteiger partial charge in [0.05, 0.1) is 16.2 Å². The quantitative estimate of drug-likeness (QED) is 0.236. The van der Waals surface area contributed by atoms with Gasteiger partial charge in [-0.05, 0) is 25.7 Å². The third-order valence-electron chi connectivity index (χ3n) is 4.74. The molecule has 25 heavy (non-hydrogen) atoms. The van der Waals surface area contributed by atoms with Gasteiger partial charge in [0.2, 0.25) is 0 Å². The van der Waals surface area contributed by atoms with Gasteiger partial charge in [0.1, 0.15) is 0 Å². The fraction of sp³-hybridized carbons (Fsp3) is 1.00. The zero-order chi connectivity index (χ0) is 18.3. The van der Waals surface area contributed by atoms with Crippen LogP contribution in [0.3, 0.4) is 0 Å². The molecule has 0 heterocycles. The van der Waals surface area contributed by atoms with E-state index in [9.17, 15) is 18.1 Å². The Morgan fingerprint density at radius 3 is 1.56 bits per heavy atom. The van der Waals surface area contributed by atoms with E-state index in [2.05, 4.69) is 13.8 Å². The Hall–Kier alpha value is 0.870. The number of aliphatic hydroxyl groups excluding tert-OH is 1. The van der Waals surface area contributed by atoms with E-state index in [0.717, 1.165) is 57.8 Å². The molecule has 2 atom stereocenters. The molecule has 146 valence electrons. The summed E-state index contributed by atoms with van der Waals surface area (Å²) in [6.45, 7) is 4.26. The van der Waals surface area contributed by atoms with Crippen molar-refractivity contribution >= 4 is 10.1 Å². The predicted molar refractivity (Wildman–Crippen MR) is 100 cm³/mol. The van der Waals surface area contributed by atoms with E-state index in [1.807, 2.05) is 0 Å². The number of rotatable bonds is 17. The second-order valence-electron chi connectivity index (χ2n) is 7.11. The normalized spacial score (nSPS) is 14.1. The van der Waals surface area contributed by atoms with Crippen molar-refractivity contribution in [1.29, 1.82) is 0 Å². The van der Waals surface area contributed by atoms with E-state index in [0.29, 0.717) is 12.8 Å². The van der Waals surface area contributed by atoms with Crippen molar-refractivity contribution in [3.8, 4) is 0 Å². The zero-order valence-corrected chi connectivity index (χ0v) is 19.7. The number of unbranched alkanes of at least 4 members (excludes halogenated alkanes) is 8. The Labute approximate surface area is 178 Å². The number of hydrogen-bond acceptors (Lipinski definition) is 4. The average Bonchev–Trinajstić information content (AvgIpc) is 2.51. The Morgan fingerprint density at radius 1 is 0.720 bits per heavy atom. The molecule has 4 nitrogen and oxygen atoms in total. The third-order valence-corrected chi connectivity index (χ3v) is 6.03. The summed E-state index contributed by atoms with van der Waals surface area (Å²) in [6, 6.07) is 0. The molecule has 1 N–H and O–H groups in total. The van der Waals surface area contributed by atoms with Gasteiger partial charge < -0.3 is 9.66 Å². The number of aliphatic hydroxyl groups is 1. The average molecular weight is 387 g/mol. The molecule has 0 amide bonds. The Kier molecular flexibility index (Phi) is 20.5. The van der Waals surface area contributed by atoms with Crippen LogP contribution in [0.4, 0.5) is 0 Å². The van der Waals surface area contributed by atoms with Crippen LogP contribution in [0.2, 0.25) is 0 Å². The van der Waals surface area contributed by atoms with Crippen LogP contribution >= 0.6 is 0 Å². The molecule has 0 aromatic heterocycles. The summed E-state index contributed by atoms with van der Waals surface area (Å²) in [5.41, 5.74) is 0. The summed E-state index contributed by atoms with van der Waals surface area (Å²) in [7, 11) is -4.17. The van der Waals surface area contributed by atoms with Crippen LogP contribution in [0.1, 0.15) is 110 Å². The van der Waals surface area contributed by atoms with Crippen LogP contribution in [0.15, 0.2) is 0 Å². The minimum Gasteiger partial charge on any atom is -0.748 e. The van der Waals surface area contributed by atoms with Crippen molar-refractivity contribution < 1.29 is 47.6 Å². The molecule has 0 saturated heterocycles. The SMILES string of the molecule is CCCCCCCC(O)CCCCCC(CCCCC)S(=O)(=O)[O-].[Na+]. The van der Waals surface area contributed by atoms with Crippen LogP contribution in [0.5, 0.6) is 0 Å². The van der Waals surface area contributed by atoms with Gasteiger partial charge in [0, 0.05) is 5.25 Å². The van der Waals surface area contributed by atoms with Crippen molar-refractivity contribution in [2.75, 3.05) is 0 Å². The second kappa shape index (κ2) is 18.2. The van der Waals surface area contributed by atoms with Crippen LogP contribution in [0.25, 0.3) is 0 Å². The van der Waals surface area contributed by atoms with Gasteiger partial charge in [-0.3, -0.25) is 0 Å². The second-order valence-corrected chi connectivity index (χ2v) is 8.76. The van der Waals surface area contributed by atoms with E-state index in [4.69, 9.17) is 0 Å². The predicted octanol–water partition coefficient (Wildman–Crippen LogP) is 2.16. The summed E-state index contributed by atoms with van der Waals surface area (Å²) in [5.74, 6) is 0. The molecule has 0 radical (unpaired) electrons. The Bertz CT molecular complexity index is 374. The fourth-order valence-corrected chi connectivity index (χ4v) is 4.02. The van der Waals surface area contributed by atoms with E-state index in [1.54, 1.807) is 0 Å². The van der Waals surface area contributed by atoms with Crippen molar-refractivity contribution in [3.05, 3.63) is 0 Å². The molecule has 0 aliphatic heterocycles. The first-order chi connectivity index (χ1) is 11.4. The standard InChI is InChI=1S/C19H40O4S.Na/c1-3-5-7-8-11-14-18(20)15-12-9-13-17-19(24(21,22)23)16-10-6-4-2;/h18-20H,3-17H2,1-2H3,(H,21,22,23);/q;+1/p-1. The number of hydrogen-bond donors (Lipinski definition) is 1. The third kappa shape index (κ3) is 18.0. The van der Waals surface area contributed by atoms with Gasteiger partial charge in [0.15, 0.2) is 0 Å². The van der Waals surface area contributed by atoms with Crippen LogP contribution in [0, 0.1) is 0 Å². The van der Waals surface area contributed by atoms with Crippen molar-refractivity contribution in [3.63, 3.8) is 0 Å². The maximum atomic E-state index is 11.3. The first-order valence-electron chi connectivity index (χ1n) is 10.0. The molecule has 0 aliphatic rings. The van der Waals surface area contributed by atoms with Gasteiger partial charge >= 0.3 is 29.6 Å². The summed E-state index contributed by atoms with van der Waals surface area (Å²) in [6.07, 6.45) is 13.9. The van der Waals surface area contributed by atoms with Gasteiger partial charge in [-0.2, -0.15) is 0 Å². The Morgan fingerprint density at radius 2 is 1.08 bits per heavy atom. The molecule has 0 saturated carbocycles. The minimum absolute atomic E-state index is 0. The van der Waals surface area contributed by atoms with Crippen molar-refractivity contribution in [1.82, 2.24) is 0 Å². The summed E-state index contributed by atoms with van der Waals surface area (Å²) < 4.78 is 33.9. The fourth-order valence-electron chi connectivity index (χ4n) is 3.11. The molecular formula is C19H39NaO4S. The van der Waals surface area contributed by atoms with E-state index >= 15 is 0 Å². The maximum Gasteiger partial charge on any atom is 1.00 e. The van der Waals surface area contributed by atoms with Gasteiger partial charge in [0.25, 0.3) is 0 Å². The molecule has 0 aromatic carbocycles. The molecule has 0 rings (SSSR count). The van der Waals surface area contributed by atoms with Gasteiger partial charge in [-0.15, -0.1) is 0 Å². The molecule has 0 fully saturated rings. The molecule has 0 spiro atoms. The summed E-state index contributed by atoms with van der Waals surface area (Å²) >= 11 is 0. The molecule has 6 heteroatoms. The molecule has 0 bridgehead atoms.